The maximum Gasteiger partial charge on any atom is 0.0175 e. The van der Waals surface area contributed by atoms with E-state index < -0.39 is 0 Å². The van der Waals surface area contributed by atoms with Crippen molar-refractivity contribution < 1.29 is 0 Å². The molecule has 0 atom stereocenters. The molecule has 2 bridgehead atoms. The van der Waals surface area contributed by atoms with E-state index in [0.29, 0.717) is 5.41 Å². The second-order valence-electron chi connectivity index (χ2n) is 4.93. The van der Waals surface area contributed by atoms with E-state index in [9.17, 15) is 0 Å². The van der Waals surface area contributed by atoms with Crippen LogP contribution in [-0.4, -0.2) is 0 Å². The Balaban J connectivity index is 1.98. The van der Waals surface area contributed by atoms with E-state index in [4.69, 9.17) is 0 Å². The molecule has 1 heteroatoms. The monoisotopic (exact) mass is 250 g/mol. The van der Waals surface area contributed by atoms with Crippen molar-refractivity contribution in [1.82, 2.24) is 0 Å². The third-order valence-corrected chi connectivity index (χ3v) is 4.73. The predicted octanol–water partition coefficient (Wildman–Crippen LogP) is 4.28. The molecule has 0 unspecified atom stereocenters. The van der Waals surface area contributed by atoms with Crippen molar-refractivity contribution in [3.63, 3.8) is 0 Å². The Morgan fingerprint density at radius 3 is 2.21 bits per heavy atom. The van der Waals surface area contributed by atoms with Gasteiger partial charge in [0.15, 0.2) is 0 Å². The van der Waals surface area contributed by atoms with Gasteiger partial charge in [-0.25, -0.2) is 0 Å². The van der Waals surface area contributed by atoms with Crippen LogP contribution < -0.4 is 0 Å². The van der Waals surface area contributed by atoms with Crippen LogP contribution in [0.25, 0.3) is 0 Å². The minimum Gasteiger partial charge on any atom is -0.0574 e. The first-order chi connectivity index (χ1) is 6.78. The maximum atomic E-state index is 3.50. The Morgan fingerprint density at radius 1 is 1.07 bits per heavy atom. The Labute approximate surface area is 93.8 Å². The summed E-state index contributed by atoms with van der Waals surface area (Å²) in [7, 11) is 0. The van der Waals surface area contributed by atoms with Crippen LogP contribution in [-0.2, 0) is 5.41 Å². The average Bonchev–Trinajstić information content (AvgIpc) is 2.79. The third-order valence-electron chi connectivity index (χ3n) is 4.20. The number of hydrogen-bond donors (Lipinski definition) is 0. The van der Waals surface area contributed by atoms with Gasteiger partial charge < -0.3 is 0 Å². The van der Waals surface area contributed by atoms with Gasteiger partial charge in [-0.15, -0.1) is 0 Å². The highest BCUT2D eigenvalue weighted by molar-refractivity contribution is 9.10. The van der Waals surface area contributed by atoms with Crippen molar-refractivity contribution >= 4 is 15.9 Å². The molecule has 2 aliphatic rings. The summed E-state index contributed by atoms with van der Waals surface area (Å²) in [5.74, 6) is 1.04. The number of halogens is 1. The van der Waals surface area contributed by atoms with Crippen molar-refractivity contribution in [2.24, 2.45) is 5.92 Å². The van der Waals surface area contributed by atoms with Gasteiger partial charge in [0.2, 0.25) is 0 Å². The summed E-state index contributed by atoms with van der Waals surface area (Å²) >= 11 is 3.50. The zero-order valence-electron chi connectivity index (χ0n) is 8.30. The van der Waals surface area contributed by atoms with Crippen LogP contribution in [0, 0.1) is 5.92 Å². The molecule has 0 heterocycles. The summed E-state index contributed by atoms with van der Waals surface area (Å²) in [5.41, 5.74) is 2.16. The minimum atomic E-state index is 0.575. The van der Waals surface area contributed by atoms with E-state index >= 15 is 0 Å². The van der Waals surface area contributed by atoms with Crippen LogP contribution in [0.3, 0.4) is 0 Å². The fourth-order valence-corrected chi connectivity index (χ4v) is 3.67. The summed E-state index contributed by atoms with van der Waals surface area (Å²) in [6, 6.07) is 9.01. The number of benzene rings is 1. The van der Waals surface area contributed by atoms with Crippen LogP contribution in [0.4, 0.5) is 0 Å². The molecule has 1 aromatic carbocycles. The first-order valence-corrected chi connectivity index (χ1v) is 6.34. The van der Waals surface area contributed by atoms with E-state index in [0.717, 1.165) is 5.92 Å². The van der Waals surface area contributed by atoms with Crippen molar-refractivity contribution in [3.8, 4) is 0 Å². The van der Waals surface area contributed by atoms with Gasteiger partial charge in [-0.05, 0) is 61.1 Å². The van der Waals surface area contributed by atoms with E-state index in [2.05, 4.69) is 40.2 Å². The Hall–Kier alpha value is -0.300. The topological polar surface area (TPSA) is 0 Å². The Bertz CT molecular complexity index is 331. The normalized spacial score (nSPS) is 35.1. The summed E-state index contributed by atoms with van der Waals surface area (Å²) in [5, 5.41) is 0. The number of rotatable bonds is 1. The molecular weight excluding hydrogens is 236 g/mol. The molecule has 0 radical (unpaired) electrons. The fraction of sp³-hybridized carbons (Fsp3) is 0.538. The zero-order valence-corrected chi connectivity index (χ0v) is 9.89. The highest BCUT2D eigenvalue weighted by Gasteiger charge is 2.45. The molecule has 0 nitrogen and oxygen atoms in total. The van der Waals surface area contributed by atoms with E-state index in [-0.39, 0.29) is 0 Å². The lowest BCUT2D eigenvalue weighted by Crippen LogP contribution is -2.19. The third kappa shape index (κ3) is 1.25. The highest BCUT2D eigenvalue weighted by atomic mass is 79.9. The second kappa shape index (κ2) is 3.10. The molecular formula is C13H15Br. The minimum absolute atomic E-state index is 0.575. The average molecular weight is 251 g/mol. The molecule has 2 saturated carbocycles. The molecule has 3 rings (SSSR count). The summed E-state index contributed by atoms with van der Waals surface area (Å²) in [4.78, 5) is 0. The number of hydrogen-bond acceptors (Lipinski definition) is 0. The fourth-order valence-electron chi connectivity index (χ4n) is 3.40. The molecule has 0 aliphatic heterocycles. The van der Waals surface area contributed by atoms with Gasteiger partial charge in [0.25, 0.3) is 0 Å². The van der Waals surface area contributed by atoms with Gasteiger partial charge >= 0.3 is 0 Å². The second-order valence-corrected chi connectivity index (χ2v) is 5.85. The first-order valence-electron chi connectivity index (χ1n) is 5.55. The van der Waals surface area contributed by atoms with Gasteiger partial charge in [-0.1, -0.05) is 28.1 Å². The predicted molar refractivity (Wildman–Crippen MR) is 62.4 cm³/mol. The van der Waals surface area contributed by atoms with E-state index in [1.54, 1.807) is 5.56 Å². The van der Waals surface area contributed by atoms with Crippen LogP contribution in [0.5, 0.6) is 0 Å². The van der Waals surface area contributed by atoms with Gasteiger partial charge in [-0.2, -0.15) is 0 Å². The quantitative estimate of drug-likeness (QED) is 0.698. The smallest absolute Gasteiger partial charge is 0.0175 e. The van der Waals surface area contributed by atoms with Crippen molar-refractivity contribution in [2.45, 2.75) is 37.5 Å². The van der Waals surface area contributed by atoms with Gasteiger partial charge in [0.05, 0.1) is 0 Å². The molecule has 0 aromatic heterocycles. The number of fused-ring (bicyclic) bond motifs is 2. The molecule has 0 N–H and O–H groups in total. The van der Waals surface area contributed by atoms with Crippen molar-refractivity contribution in [3.05, 3.63) is 34.3 Å². The Morgan fingerprint density at radius 2 is 1.71 bits per heavy atom. The Kier molecular flexibility index (Phi) is 1.98. The van der Waals surface area contributed by atoms with Crippen molar-refractivity contribution in [1.29, 1.82) is 0 Å². The lowest BCUT2D eigenvalue weighted by molar-refractivity contribution is 0.419. The van der Waals surface area contributed by atoms with Crippen LogP contribution in [0.2, 0.25) is 0 Å². The van der Waals surface area contributed by atoms with E-state index in [1.807, 2.05) is 0 Å². The highest BCUT2D eigenvalue weighted by Crippen LogP contribution is 2.55. The van der Waals surface area contributed by atoms with Crippen LogP contribution in [0.15, 0.2) is 28.7 Å². The molecule has 2 fully saturated rings. The SMILES string of the molecule is Brc1ccc(C23CCC(CC2)C3)cc1. The molecule has 0 amide bonds. The summed E-state index contributed by atoms with van der Waals surface area (Å²) in [6.45, 7) is 0. The first kappa shape index (κ1) is 8.96. The lowest BCUT2D eigenvalue weighted by Gasteiger charge is -2.27. The molecule has 1 aromatic rings. The van der Waals surface area contributed by atoms with Crippen LogP contribution in [0.1, 0.15) is 37.7 Å². The standard InChI is InChI=1S/C13H15Br/c14-12-3-1-11(2-4-12)13-7-5-10(9-13)6-8-13/h1-4,10H,5-9H2. The van der Waals surface area contributed by atoms with Gasteiger partial charge in [0, 0.05) is 4.47 Å². The van der Waals surface area contributed by atoms with Gasteiger partial charge in [-0.3, -0.25) is 0 Å². The van der Waals surface area contributed by atoms with E-state index in [1.165, 1.54) is 36.6 Å². The zero-order chi connectivity index (χ0) is 9.60. The maximum absolute atomic E-state index is 3.50. The molecule has 0 spiro atoms. The molecule has 0 saturated heterocycles. The summed E-state index contributed by atoms with van der Waals surface area (Å²) in [6.07, 6.45) is 7.25. The van der Waals surface area contributed by atoms with Gasteiger partial charge in [0.1, 0.15) is 0 Å². The molecule has 14 heavy (non-hydrogen) atoms. The van der Waals surface area contributed by atoms with Crippen LogP contribution >= 0.6 is 15.9 Å². The lowest BCUT2D eigenvalue weighted by atomic mass is 9.78. The largest absolute Gasteiger partial charge is 0.0574 e. The van der Waals surface area contributed by atoms with Crippen molar-refractivity contribution in [2.75, 3.05) is 0 Å². The molecule has 2 aliphatic carbocycles. The molecule has 74 valence electrons. The summed E-state index contributed by atoms with van der Waals surface area (Å²) < 4.78 is 1.20.